The van der Waals surface area contributed by atoms with Crippen LogP contribution in [-0.2, 0) is 11.2 Å². The van der Waals surface area contributed by atoms with E-state index in [9.17, 15) is 18.0 Å². The lowest BCUT2D eigenvalue weighted by molar-refractivity contribution is -0.120. The zero-order chi connectivity index (χ0) is 17.6. The Hall–Kier alpha value is -2.83. The van der Waals surface area contributed by atoms with Gasteiger partial charge in [-0.15, -0.1) is 0 Å². The molecule has 25 heavy (non-hydrogen) atoms. The number of carbonyl (C=O) groups excluding carboxylic acids is 1. The van der Waals surface area contributed by atoms with Crippen LogP contribution in [0.4, 0.5) is 13.2 Å². The van der Waals surface area contributed by atoms with E-state index in [-0.39, 0.29) is 24.3 Å². The lowest BCUT2D eigenvalue weighted by Gasteiger charge is -2.06. The number of rotatable bonds is 4. The van der Waals surface area contributed by atoms with Gasteiger partial charge < -0.3 is 5.32 Å². The molecule has 1 heterocycles. The van der Waals surface area contributed by atoms with Gasteiger partial charge in [0.2, 0.25) is 5.91 Å². The smallest absolute Gasteiger partial charge is 0.224 e. The number of benzene rings is 2. The number of nitrogens with zero attached hydrogens (tertiary/aromatic N) is 1. The summed E-state index contributed by atoms with van der Waals surface area (Å²) in [5.74, 6) is -4.25. The Morgan fingerprint density at radius 1 is 1.20 bits per heavy atom. The quantitative estimate of drug-likeness (QED) is 0.714. The van der Waals surface area contributed by atoms with Gasteiger partial charge in [0.05, 0.1) is 18.1 Å². The van der Waals surface area contributed by atoms with Gasteiger partial charge in [-0.1, -0.05) is 12.1 Å². The first-order valence-electron chi connectivity index (χ1n) is 7.87. The number of H-pyrrole nitrogens is 1. The van der Waals surface area contributed by atoms with Crippen molar-refractivity contribution < 1.29 is 18.0 Å². The van der Waals surface area contributed by atoms with Crippen molar-refractivity contribution in [1.29, 1.82) is 0 Å². The first-order valence-corrected chi connectivity index (χ1v) is 7.87. The molecule has 1 aromatic heterocycles. The lowest BCUT2D eigenvalue weighted by Crippen LogP contribution is -2.28. The van der Waals surface area contributed by atoms with E-state index >= 15 is 0 Å². The summed E-state index contributed by atoms with van der Waals surface area (Å²) in [6, 6.07) is 7.38. The highest BCUT2D eigenvalue weighted by atomic mass is 19.2. The summed E-state index contributed by atoms with van der Waals surface area (Å²) in [7, 11) is 0. The standard InChI is InChI=1S/C18H14F3N3O/c19-13-5-11(6-14(20)18(13)21)12-7-16(12)23-17(25)4-9-1-2-10-8-22-24-15(10)3-9/h1-3,5-6,8,12,16H,4,7H2,(H,22,24)(H,23,25)/t12-,16+/m0/s1. The van der Waals surface area contributed by atoms with Crippen molar-refractivity contribution in [2.75, 3.05) is 0 Å². The van der Waals surface area contributed by atoms with Crippen LogP contribution in [-0.4, -0.2) is 22.1 Å². The monoisotopic (exact) mass is 345 g/mol. The fraction of sp³-hybridized carbons (Fsp3) is 0.222. The van der Waals surface area contributed by atoms with Crippen LogP contribution >= 0.6 is 0 Å². The molecule has 1 amide bonds. The first kappa shape index (κ1) is 15.7. The molecule has 0 aliphatic heterocycles. The fourth-order valence-corrected chi connectivity index (χ4v) is 3.05. The first-order chi connectivity index (χ1) is 12.0. The van der Waals surface area contributed by atoms with Gasteiger partial charge in [-0.25, -0.2) is 13.2 Å². The predicted octanol–water partition coefficient (Wildman–Crippen LogP) is 3.20. The number of carbonyl (C=O) groups is 1. The van der Waals surface area contributed by atoms with Crippen molar-refractivity contribution in [3.63, 3.8) is 0 Å². The van der Waals surface area contributed by atoms with Crippen LogP contribution in [0.25, 0.3) is 10.9 Å². The van der Waals surface area contributed by atoms with Gasteiger partial charge in [0, 0.05) is 17.3 Å². The molecule has 1 aliphatic rings. The topological polar surface area (TPSA) is 57.8 Å². The third-order valence-electron chi connectivity index (χ3n) is 4.44. The Balaban J connectivity index is 1.39. The molecule has 3 aromatic rings. The summed E-state index contributed by atoms with van der Waals surface area (Å²) >= 11 is 0. The van der Waals surface area contributed by atoms with Crippen LogP contribution in [0.5, 0.6) is 0 Å². The number of nitrogens with one attached hydrogen (secondary N) is 2. The van der Waals surface area contributed by atoms with Crippen LogP contribution in [0.1, 0.15) is 23.5 Å². The molecule has 0 unspecified atom stereocenters. The van der Waals surface area contributed by atoms with Crippen LogP contribution < -0.4 is 5.32 Å². The minimum Gasteiger partial charge on any atom is -0.352 e. The van der Waals surface area contributed by atoms with Gasteiger partial charge in [-0.05, 0) is 35.7 Å². The predicted molar refractivity (Wildman–Crippen MR) is 85.4 cm³/mol. The molecule has 1 aliphatic carbocycles. The van der Waals surface area contributed by atoms with Gasteiger partial charge in [0.15, 0.2) is 17.5 Å². The minimum absolute atomic E-state index is 0.172. The zero-order valence-electron chi connectivity index (χ0n) is 13.0. The van der Waals surface area contributed by atoms with E-state index in [0.717, 1.165) is 28.6 Å². The SMILES string of the molecule is O=C(Cc1ccc2cn[nH]c2c1)N[C@@H]1C[C@H]1c1cc(F)c(F)c(F)c1. The molecular formula is C18H14F3N3O. The summed E-state index contributed by atoms with van der Waals surface area (Å²) in [4.78, 5) is 12.2. The average Bonchev–Trinajstić information content (AvgIpc) is 3.16. The molecule has 4 rings (SSSR count). The summed E-state index contributed by atoms with van der Waals surface area (Å²) in [6.07, 6.45) is 2.48. The molecular weight excluding hydrogens is 331 g/mol. The maximum Gasteiger partial charge on any atom is 0.224 e. The largest absolute Gasteiger partial charge is 0.352 e. The van der Waals surface area contributed by atoms with Crippen molar-refractivity contribution in [2.45, 2.75) is 24.8 Å². The second kappa shape index (κ2) is 5.91. The Labute approximate surface area is 141 Å². The molecule has 2 aromatic carbocycles. The van der Waals surface area contributed by atoms with Crippen molar-refractivity contribution in [3.8, 4) is 0 Å². The zero-order valence-corrected chi connectivity index (χ0v) is 13.0. The summed E-state index contributed by atoms with van der Waals surface area (Å²) < 4.78 is 39.6. The van der Waals surface area contributed by atoms with E-state index in [0.29, 0.717) is 12.0 Å². The summed E-state index contributed by atoms with van der Waals surface area (Å²) in [5, 5.41) is 10.6. The van der Waals surface area contributed by atoms with Gasteiger partial charge in [0.25, 0.3) is 0 Å². The number of halogens is 3. The van der Waals surface area contributed by atoms with Crippen LogP contribution in [0.2, 0.25) is 0 Å². The van der Waals surface area contributed by atoms with E-state index in [1.54, 1.807) is 6.20 Å². The third kappa shape index (κ3) is 3.09. The molecule has 2 N–H and O–H groups in total. The molecule has 1 fully saturated rings. The maximum atomic E-state index is 13.3. The van der Waals surface area contributed by atoms with Crippen molar-refractivity contribution in [1.82, 2.24) is 15.5 Å². The van der Waals surface area contributed by atoms with Gasteiger partial charge in [0.1, 0.15) is 0 Å². The molecule has 0 spiro atoms. The normalized spacial score (nSPS) is 19.2. The second-order valence-electron chi connectivity index (χ2n) is 6.28. The van der Waals surface area contributed by atoms with E-state index in [2.05, 4.69) is 15.5 Å². The number of aromatic amines is 1. The number of hydrogen-bond donors (Lipinski definition) is 2. The molecule has 0 bridgehead atoms. The molecule has 0 radical (unpaired) electrons. The van der Waals surface area contributed by atoms with Crippen LogP contribution in [0.3, 0.4) is 0 Å². The summed E-state index contributed by atoms with van der Waals surface area (Å²) in [6.45, 7) is 0. The van der Waals surface area contributed by atoms with E-state index in [1.807, 2.05) is 18.2 Å². The highest BCUT2D eigenvalue weighted by molar-refractivity contribution is 5.83. The number of fused-ring (bicyclic) bond motifs is 1. The average molecular weight is 345 g/mol. The van der Waals surface area contributed by atoms with E-state index in [1.165, 1.54) is 0 Å². The Bertz CT molecular complexity index is 946. The minimum atomic E-state index is -1.47. The fourth-order valence-electron chi connectivity index (χ4n) is 3.05. The van der Waals surface area contributed by atoms with Crippen LogP contribution in [0.15, 0.2) is 36.5 Å². The van der Waals surface area contributed by atoms with E-state index in [4.69, 9.17) is 0 Å². The van der Waals surface area contributed by atoms with Crippen molar-refractivity contribution in [3.05, 3.63) is 65.1 Å². The Morgan fingerprint density at radius 2 is 1.96 bits per heavy atom. The third-order valence-corrected chi connectivity index (χ3v) is 4.44. The van der Waals surface area contributed by atoms with Crippen LogP contribution in [0, 0.1) is 17.5 Å². The maximum absolute atomic E-state index is 13.3. The van der Waals surface area contributed by atoms with Crippen molar-refractivity contribution >= 4 is 16.8 Å². The number of hydrogen-bond acceptors (Lipinski definition) is 2. The molecule has 128 valence electrons. The Morgan fingerprint density at radius 3 is 2.72 bits per heavy atom. The molecule has 0 saturated heterocycles. The van der Waals surface area contributed by atoms with Gasteiger partial charge in [-0.3, -0.25) is 9.89 Å². The highest BCUT2D eigenvalue weighted by Gasteiger charge is 2.40. The molecule has 4 nitrogen and oxygen atoms in total. The number of aromatic nitrogens is 2. The van der Waals surface area contributed by atoms with Gasteiger partial charge >= 0.3 is 0 Å². The molecule has 7 heteroatoms. The highest BCUT2D eigenvalue weighted by Crippen LogP contribution is 2.41. The Kier molecular flexibility index (Phi) is 3.71. The van der Waals surface area contributed by atoms with Gasteiger partial charge in [-0.2, -0.15) is 5.10 Å². The van der Waals surface area contributed by atoms with Crippen molar-refractivity contribution in [2.24, 2.45) is 0 Å². The lowest BCUT2D eigenvalue weighted by atomic mass is 10.1. The second-order valence-corrected chi connectivity index (χ2v) is 6.28. The molecule has 1 saturated carbocycles. The number of amides is 1. The summed E-state index contributed by atoms with van der Waals surface area (Å²) in [5.41, 5.74) is 2.05. The molecule has 2 atom stereocenters. The van der Waals surface area contributed by atoms with E-state index < -0.39 is 17.5 Å².